The predicted molar refractivity (Wildman–Crippen MR) is 137 cm³/mol. The quantitative estimate of drug-likeness (QED) is 0.323. The summed E-state index contributed by atoms with van der Waals surface area (Å²) in [6.45, 7) is 6.49. The number of aliphatic hydroxyl groups is 1. The van der Waals surface area contributed by atoms with E-state index in [0.717, 1.165) is 13.1 Å². The number of Topliss-reactive ketones (excluding diaryl/α,β-unsaturated/α-hetero) is 1. The fourth-order valence-electron chi connectivity index (χ4n) is 4.61. The summed E-state index contributed by atoms with van der Waals surface area (Å²) in [5.74, 6) is -1.90. The Morgan fingerprint density at radius 2 is 1.78 bits per heavy atom. The number of para-hydroxylation sites is 1. The van der Waals surface area contributed by atoms with E-state index in [9.17, 15) is 19.5 Å². The van der Waals surface area contributed by atoms with E-state index in [1.54, 1.807) is 48.5 Å². The van der Waals surface area contributed by atoms with Crippen LogP contribution in [0.2, 0.25) is 0 Å². The van der Waals surface area contributed by atoms with Crippen molar-refractivity contribution in [2.24, 2.45) is 0 Å². The van der Waals surface area contributed by atoms with Crippen LogP contribution in [-0.4, -0.2) is 73.0 Å². The molecule has 3 aromatic rings. The van der Waals surface area contributed by atoms with Gasteiger partial charge in [0, 0.05) is 18.5 Å². The molecule has 0 radical (unpaired) electrons. The average Bonchev–Trinajstić information content (AvgIpc) is 3.47. The van der Waals surface area contributed by atoms with Crippen molar-refractivity contribution >= 4 is 28.6 Å². The van der Waals surface area contributed by atoms with Crippen molar-refractivity contribution < 1.29 is 33.4 Å². The van der Waals surface area contributed by atoms with E-state index in [-0.39, 0.29) is 11.3 Å². The standard InChI is InChI=1S/C28H30N2O7/c1-5-29(6-2)14-15-30-23(17-10-12-18(13-11-17)28(34)36-4)22(25(32)27(30)33)24(31)21-16-19-8-7-9-20(35-3)26(19)37-21/h7-13,16,23,32H,5-6,14-15H2,1-4H3/t23-/m0/s1. The van der Waals surface area contributed by atoms with Gasteiger partial charge < -0.3 is 28.8 Å². The number of carbonyl (C=O) groups is 3. The molecule has 1 atom stereocenters. The first kappa shape index (κ1) is 26.0. The Labute approximate surface area is 214 Å². The van der Waals surface area contributed by atoms with Crippen LogP contribution in [0.1, 0.15) is 46.4 Å². The van der Waals surface area contributed by atoms with Crippen molar-refractivity contribution in [1.82, 2.24) is 9.80 Å². The number of fused-ring (bicyclic) bond motifs is 1. The first-order valence-corrected chi connectivity index (χ1v) is 12.1. The third-order valence-electron chi connectivity index (χ3n) is 6.70. The van der Waals surface area contributed by atoms with Gasteiger partial charge in [0.25, 0.3) is 5.91 Å². The highest BCUT2D eigenvalue weighted by Gasteiger charge is 2.44. The van der Waals surface area contributed by atoms with Crippen molar-refractivity contribution in [2.75, 3.05) is 40.4 Å². The van der Waals surface area contributed by atoms with Crippen LogP contribution in [0.25, 0.3) is 11.0 Å². The Morgan fingerprint density at radius 1 is 1.08 bits per heavy atom. The zero-order valence-electron chi connectivity index (χ0n) is 21.3. The molecule has 4 rings (SSSR count). The van der Waals surface area contributed by atoms with Gasteiger partial charge in [-0.3, -0.25) is 9.59 Å². The number of methoxy groups -OCH3 is 2. The normalized spacial score (nSPS) is 15.6. The maximum Gasteiger partial charge on any atom is 0.337 e. The topological polar surface area (TPSA) is 110 Å². The van der Waals surface area contributed by atoms with E-state index in [1.807, 2.05) is 13.8 Å². The van der Waals surface area contributed by atoms with Gasteiger partial charge in [0.15, 0.2) is 22.9 Å². The Bertz CT molecular complexity index is 1350. The Balaban J connectivity index is 1.77. The Hall–Kier alpha value is -4.11. The lowest BCUT2D eigenvalue weighted by molar-refractivity contribution is -0.129. The third-order valence-corrected chi connectivity index (χ3v) is 6.70. The van der Waals surface area contributed by atoms with Crippen molar-refractivity contribution in [2.45, 2.75) is 19.9 Å². The number of ketones is 1. The summed E-state index contributed by atoms with van der Waals surface area (Å²) in [6.07, 6.45) is 0. The number of likely N-dealkylation sites (N-methyl/N-ethyl adjacent to an activating group) is 1. The van der Waals surface area contributed by atoms with Crippen LogP contribution < -0.4 is 4.74 Å². The lowest BCUT2D eigenvalue weighted by Gasteiger charge is -2.29. The minimum Gasteiger partial charge on any atom is -0.503 e. The molecule has 0 fully saturated rings. The summed E-state index contributed by atoms with van der Waals surface area (Å²) in [7, 11) is 2.80. The SMILES string of the molecule is CCN(CC)CCN1C(=O)C(O)=C(C(=O)c2cc3cccc(OC)c3o2)[C@@H]1c1ccc(C(=O)OC)cc1. The minimum absolute atomic E-state index is 0.0179. The van der Waals surface area contributed by atoms with Gasteiger partial charge in [-0.15, -0.1) is 0 Å². The van der Waals surface area contributed by atoms with Gasteiger partial charge in [-0.05, 0) is 42.9 Å². The van der Waals surface area contributed by atoms with Crippen LogP contribution >= 0.6 is 0 Å². The molecule has 2 heterocycles. The molecule has 2 aromatic carbocycles. The molecule has 0 aliphatic carbocycles. The molecule has 0 saturated carbocycles. The number of benzene rings is 2. The highest BCUT2D eigenvalue weighted by Crippen LogP contribution is 2.40. The Morgan fingerprint density at radius 3 is 2.41 bits per heavy atom. The zero-order valence-corrected chi connectivity index (χ0v) is 21.3. The molecule has 194 valence electrons. The van der Waals surface area contributed by atoms with E-state index in [4.69, 9.17) is 13.9 Å². The van der Waals surface area contributed by atoms with E-state index in [2.05, 4.69) is 4.90 Å². The molecule has 1 aromatic heterocycles. The van der Waals surface area contributed by atoms with Crippen LogP contribution in [0, 0.1) is 0 Å². The summed E-state index contributed by atoms with van der Waals surface area (Å²) >= 11 is 0. The monoisotopic (exact) mass is 506 g/mol. The number of nitrogens with zero attached hydrogens (tertiary/aromatic N) is 2. The molecule has 9 nitrogen and oxygen atoms in total. The molecule has 0 spiro atoms. The van der Waals surface area contributed by atoms with Crippen LogP contribution in [0.15, 0.2) is 64.3 Å². The summed E-state index contributed by atoms with van der Waals surface area (Å²) in [5, 5.41) is 11.6. The number of rotatable bonds is 10. The number of esters is 1. The molecule has 9 heteroatoms. The molecule has 0 saturated heterocycles. The Kier molecular flexibility index (Phi) is 7.63. The number of ether oxygens (including phenoxy) is 2. The number of furan rings is 1. The van der Waals surface area contributed by atoms with Gasteiger partial charge in [0.1, 0.15) is 0 Å². The highest BCUT2D eigenvalue weighted by atomic mass is 16.5. The fourth-order valence-corrected chi connectivity index (χ4v) is 4.61. The molecule has 37 heavy (non-hydrogen) atoms. The number of amides is 1. The maximum absolute atomic E-state index is 13.8. The van der Waals surface area contributed by atoms with E-state index < -0.39 is 29.5 Å². The summed E-state index contributed by atoms with van der Waals surface area (Å²) in [4.78, 5) is 42.6. The van der Waals surface area contributed by atoms with Crippen LogP contribution in [0.3, 0.4) is 0 Å². The van der Waals surface area contributed by atoms with Gasteiger partial charge in [-0.1, -0.05) is 38.1 Å². The lowest BCUT2D eigenvalue weighted by atomic mass is 9.94. The minimum atomic E-state index is -0.864. The molecule has 1 aliphatic heterocycles. The highest BCUT2D eigenvalue weighted by molar-refractivity contribution is 6.16. The van der Waals surface area contributed by atoms with E-state index in [1.165, 1.54) is 19.1 Å². The third kappa shape index (κ3) is 4.82. The van der Waals surface area contributed by atoms with Crippen LogP contribution in [0.5, 0.6) is 5.75 Å². The largest absolute Gasteiger partial charge is 0.503 e. The van der Waals surface area contributed by atoms with E-state index >= 15 is 0 Å². The number of hydrogen-bond acceptors (Lipinski definition) is 8. The zero-order chi connectivity index (χ0) is 26.7. The number of hydrogen-bond donors (Lipinski definition) is 1. The molecular formula is C28H30N2O7. The van der Waals surface area contributed by atoms with Crippen molar-refractivity contribution in [1.29, 1.82) is 0 Å². The smallest absolute Gasteiger partial charge is 0.337 e. The molecule has 1 N–H and O–H groups in total. The van der Waals surface area contributed by atoms with Gasteiger partial charge in [-0.25, -0.2) is 4.79 Å². The average molecular weight is 507 g/mol. The van der Waals surface area contributed by atoms with Crippen molar-refractivity contribution in [3.8, 4) is 5.75 Å². The maximum atomic E-state index is 13.8. The van der Waals surface area contributed by atoms with E-state index in [0.29, 0.717) is 40.9 Å². The molecule has 0 unspecified atom stereocenters. The second-order valence-electron chi connectivity index (χ2n) is 8.62. The number of carbonyl (C=O) groups excluding carboxylic acids is 3. The van der Waals surface area contributed by atoms with Crippen molar-refractivity contribution in [3.63, 3.8) is 0 Å². The first-order valence-electron chi connectivity index (χ1n) is 12.1. The second kappa shape index (κ2) is 10.9. The molecule has 0 bridgehead atoms. The second-order valence-corrected chi connectivity index (χ2v) is 8.62. The van der Waals surface area contributed by atoms with Crippen LogP contribution in [0.4, 0.5) is 0 Å². The summed E-state index contributed by atoms with van der Waals surface area (Å²) in [6, 6.07) is 12.4. The van der Waals surface area contributed by atoms with Crippen LogP contribution in [-0.2, 0) is 9.53 Å². The van der Waals surface area contributed by atoms with Gasteiger partial charge in [0.05, 0.1) is 31.4 Å². The molecular weight excluding hydrogens is 476 g/mol. The lowest BCUT2D eigenvalue weighted by Crippen LogP contribution is -2.38. The predicted octanol–water partition coefficient (Wildman–Crippen LogP) is 4.15. The molecule has 1 amide bonds. The number of aliphatic hydroxyl groups excluding tert-OH is 1. The fraction of sp³-hybridized carbons (Fsp3) is 0.321. The first-order chi connectivity index (χ1) is 17.8. The summed E-state index contributed by atoms with van der Waals surface area (Å²) in [5.41, 5.74) is 1.22. The van der Waals surface area contributed by atoms with Gasteiger partial charge in [-0.2, -0.15) is 0 Å². The summed E-state index contributed by atoms with van der Waals surface area (Å²) < 4.78 is 16.0. The van der Waals surface area contributed by atoms with Crippen molar-refractivity contribution in [3.05, 3.63) is 76.8 Å². The van der Waals surface area contributed by atoms with Gasteiger partial charge in [0.2, 0.25) is 5.78 Å². The van der Waals surface area contributed by atoms with Gasteiger partial charge >= 0.3 is 5.97 Å². The molecule has 1 aliphatic rings.